The predicted molar refractivity (Wildman–Crippen MR) is 101 cm³/mol. The average Bonchev–Trinajstić information content (AvgIpc) is 2.64. The Kier molecular flexibility index (Phi) is 6.05. The third-order valence-corrected chi connectivity index (χ3v) is 5.44. The first-order chi connectivity index (χ1) is 12.1. The number of quaternary nitrogens is 1. The lowest BCUT2D eigenvalue weighted by Gasteiger charge is -2.32. The van der Waals surface area contributed by atoms with Gasteiger partial charge in [0.2, 0.25) is 0 Å². The zero-order chi connectivity index (χ0) is 17.6. The lowest BCUT2D eigenvalue weighted by atomic mass is 9.89. The number of likely N-dealkylation sites (tertiary alicyclic amines) is 1. The van der Waals surface area contributed by atoms with Gasteiger partial charge in [0.25, 0.3) is 5.91 Å². The molecular formula is C20H25ClN3O+. The molecule has 1 aromatic carbocycles. The Hall–Kier alpha value is -1.91. The van der Waals surface area contributed by atoms with Crippen LogP contribution in [0.15, 0.2) is 48.7 Å². The van der Waals surface area contributed by atoms with Crippen LogP contribution in [0.1, 0.15) is 25.3 Å². The van der Waals surface area contributed by atoms with Crippen LogP contribution < -0.4 is 10.2 Å². The third kappa shape index (κ3) is 4.80. The topological polar surface area (TPSA) is 46.4 Å². The van der Waals surface area contributed by atoms with Gasteiger partial charge in [-0.05, 0) is 49.8 Å². The van der Waals surface area contributed by atoms with Gasteiger partial charge < -0.3 is 10.2 Å². The molecule has 1 atom stereocenters. The molecule has 1 saturated heterocycles. The summed E-state index contributed by atoms with van der Waals surface area (Å²) in [5.74, 6) is 0.723. The molecule has 4 nitrogen and oxygen atoms in total. The lowest BCUT2D eigenvalue weighted by Crippen LogP contribution is -3.17. The summed E-state index contributed by atoms with van der Waals surface area (Å²) >= 11 is 6.02. The molecule has 25 heavy (non-hydrogen) atoms. The highest BCUT2D eigenvalue weighted by Gasteiger charge is 2.30. The molecule has 0 saturated carbocycles. The van der Waals surface area contributed by atoms with Crippen LogP contribution in [-0.2, 0) is 11.2 Å². The molecule has 5 heteroatoms. The Balaban J connectivity index is 1.50. The third-order valence-electron chi connectivity index (χ3n) is 5.14. The molecule has 1 amide bonds. The average molecular weight is 359 g/mol. The molecule has 0 unspecified atom stereocenters. The smallest absolute Gasteiger partial charge is 0.282 e. The number of hydrogen-bond donors (Lipinski definition) is 2. The predicted octanol–water partition coefficient (Wildman–Crippen LogP) is 2.60. The molecule has 1 aliphatic rings. The Morgan fingerprint density at radius 1 is 1.24 bits per heavy atom. The highest BCUT2D eigenvalue weighted by molar-refractivity contribution is 6.32. The lowest BCUT2D eigenvalue weighted by molar-refractivity contribution is -0.919. The van der Waals surface area contributed by atoms with Gasteiger partial charge in [0, 0.05) is 6.20 Å². The van der Waals surface area contributed by atoms with Crippen molar-refractivity contribution in [1.29, 1.82) is 0 Å². The molecule has 3 rings (SSSR count). The van der Waals surface area contributed by atoms with E-state index in [9.17, 15) is 4.79 Å². The quantitative estimate of drug-likeness (QED) is 0.807. The second-order valence-electron chi connectivity index (χ2n) is 6.84. The van der Waals surface area contributed by atoms with E-state index in [4.69, 9.17) is 11.6 Å². The van der Waals surface area contributed by atoms with E-state index in [-0.39, 0.29) is 11.9 Å². The molecule has 1 aliphatic heterocycles. The Labute approximate surface area is 154 Å². The number of benzene rings is 1. The summed E-state index contributed by atoms with van der Waals surface area (Å²) in [5.41, 5.74) is 1.99. The minimum Gasteiger partial charge on any atom is -0.325 e. The van der Waals surface area contributed by atoms with Crippen molar-refractivity contribution in [2.45, 2.75) is 32.2 Å². The maximum atomic E-state index is 12.5. The maximum absolute atomic E-state index is 12.5. The number of halogens is 1. The number of nitrogens with zero attached hydrogens (tertiary/aromatic N) is 1. The molecule has 2 heterocycles. The Morgan fingerprint density at radius 2 is 1.96 bits per heavy atom. The second kappa shape index (κ2) is 8.45. The maximum Gasteiger partial charge on any atom is 0.282 e. The SMILES string of the molecule is C[C@H](C(=O)Nc1cccnc1Cl)[NH+]1CCC(Cc2ccccc2)CC1. The first kappa shape index (κ1) is 17.9. The molecular weight excluding hydrogens is 334 g/mol. The van der Waals surface area contributed by atoms with E-state index in [1.54, 1.807) is 18.3 Å². The minimum atomic E-state index is -0.0889. The summed E-state index contributed by atoms with van der Waals surface area (Å²) in [4.78, 5) is 17.9. The van der Waals surface area contributed by atoms with Crippen LogP contribution in [0.4, 0.5) is 5.69 Å². The summed E-state index contributed by atoms with van der Waals surface area (Å²) < 4.78 is 0. The van der Waals surface area contributed by atoms with Gasteiger partial charge >= 0.3 is 0 Å². The molecule has 2 aromatic rings. The van der Waals surface area contributed by atoms with Gasteiger partial charge in [0.05, 0.1) is 18.8 Å². The van der Waals surface area contributed by atoms with E-state index in [0.29, 0.717) is 16.8 Å². The number of amides is 1. The van der Waals surface area contributed by atoms with Gasteiger partial charge in [0.1, 0.15) is 0 Å². The van der Waals surface area contributed by atoms with Crippen LogP contribution >= 0.6 is 11.6 Å². The number of pyridine rings is 1. The summed E-state index contributed by atoms with van der Waals surface area (Å²) in [6, 6.07) is 14.1. The molecule has 132 valence electrons. The van der Waals surface area contributed by atoms with Crippen LogP contribution in [0.5, 0.6) is 0 Å². The Morgan fingerprint density at radius 3 is 2.64 bits per heavy atom. The first-order valence-corrected chi connectivity index (χ1v) is 9.31. The van der Waals surface area contributed by atoms with Gasteiger partial charge in [-0.3, -0.25) is 4.79 Å². The van der Waals surface area contributed by atoms with Crippen LogP contribution in [0.2, 0.25) is 5.15 Å². The fourth-order valence-corrected chi connectivity index (χ4v) is 3.71. The summed E-state index contributed by atoms with van der Waals surface area (Å²) in [7, 11) is 0. The van der Waals surface area contributed by atoms with Gasteiger partial charge in [-0.25, -0.2) is 4.98 Å². The van der Waals surface area contributed by atoms with E-state index < -0.39 is 0 Å². The van der Waals surface area contributed by atoms with Crippen molar-refractivity contribution in [1.82, 2.24) is 4.98 Å². The number of nitrogens with one attached hydrogen (secondary N) is 2. The number of carbonyl (C=O) groups is 1. The molecule has 1 aromatic heterocycles. The summed E-state index contributed by atoms with van der Waals surface area (Å²) in [6.07, 6.45) is 5.08. The summed E-state index contributed by atoms with van der Waals surface area (Å²) in [6.45, 7) is 4.06. The van der Waals surface area contributed by atoms with Crippen molar-refractivity contribution in [2.24, 2.45) is 5.92 Å². The molecule has 1 fully saturated rings. The van der Waals surface area contributed by atoms with Gasteiger partial charge in [-0.1, -0.05) is 41.9 Å². The van der Waals surface area contributed by atoms with Crippen LogP contribution in [0.3, 0.4) is 0 Å². The fourth-order valence-electron chi connectivity index (χ4n) is 3.54. The summed E-state index contributed by atoms with van der Waals surface area (Å²) in [5, 5.41) is 3.24. The van der Waals surface area contributed by atoms with E-state index >= 15 is 0 Å². The minimum absolute atomic E-state index is 0.00593. The molecule has 0 spiro atoms. The van der Waals surface area contributed by atoms with E-state index in [1.165, 1.54) is 10.5 Å². The van der Waals surface area contributed by atoms with Crippen molar-refractivity contribution in [2.75, 3.05) is 18.4 Å². The van der Waals surface area contributed by atoms with E-state index in [0.717, 1.165) is 32.4 Å². The number of rotatable bonds is 5. The molecule has 0 bridgehead atoms. The monoisotopic (exact) mass is 358 g/mol. The Bertz CT molecular complexity index is 699. The van der Waals surface area contributed by atoms with Crippen molar-refractivity contribution in [3.8, 4) is 0 Å². The highest BCUT2D eigenvalue weighted by atomic mass is 35.5. The van der Waals surface area contributed by atoms with Crippen molar-refractivity contribution in [3.05, 3.63) is 59.4 Å². The number of anilines is 1. The molecule has 0 aliphatic carbocycles. The van der Waals surface area contributed by atoms with Crippen LogP contribution in [0, 0.1) is 5.92 Å². The number of aromatic nitrogens is 1. The zero-order valence-corrected chi connectivity index (χ0v) is 15.3. The second-order valence-corrected chi connectivity index (χ2v) is 7.20. The first-order valence-electron chi connectivity index (χ1n) is 8.93. The van der Waals surface area contributed by atoms with Crippen molar-refractivity contribution < 1.29 is 9.69 Å². The van der Waals surface area contributed by atoms with Crippen LogP contribution in [-0.4, -0.2) is 30.0 Å². The number of hydrogen-bond acceptors (Lipinski definition) is 2. The number of piperidine rings is 1. The number of carbonyl (C=O) groups excluding carboxylic acids is 1. The van der Waals surface area contributed by atoms with Gasteiger partial charge in [-0.2, -0.15) is 0 Å². The van der Waals surface area contributed by atoms with Crippen LogP contribution in [0.25, 0.3) is 0 Å². The van der Waals surface area contributed by atoms with Gasteiger partial charge in [-0.15, -0.1) is 0 Å². The fraction of sp³-hybridized carbons (Fsp3) is 0.400. The van der Waals surface area contributed by atoms with E-state index in [1.807, 2.05) is 6.92 Å². The van der Waals surface area contributed by atoms with E-state index in [2.05, 4.69) is 40.6 Å². The molecule has 0 radical (unpaired) electrons. The van der Waals surface area contributed by atoms with Crippen molar-refractivity contribution in [3.63, 3.8) is 0 Å². The highest BCUT2D eigenvalue weighted by Crippen LogP contribution is 2.18. The van der Waals surface area contributed by atoms with Gasteiger partial charge in [0.15, 0.2) is 11.2 Å². The zero-order valence-electron chi connectivity index (χ0n) is 14.5. The van der Waals surface area contributed by atoms with Crippen molar-refractivity contribution >= 4 is 23.2 Å². The standard InChI is InChI=1S/C20H24ClN3O/c1-15(20(25)23-18-8-5-11-22-19(18)21)24-12-9-17(10-13-24)14-16-6-3-2-4-7-16/h2-8,11,15,17H,9-10,12-14H2,1H3,(H,23,25)/p+1/t15-/m1/s1. The normalized spacial score (nSPS) is 21.5. The molecule has 2 N–H and O–H groups in total. The largest absolute Gasteiger partial charge is 0.325 e.